The van der Waals surface area contributed by atoms with Gasteiger partial charge in [-0.25, -0.2) is 8.42 Å². The molecule has 1 N–H and O–H groups in total. The minimum atomic E-state index is -4.60. The lowest BCUT2D eigenvalue weighted by molar-refractivity contribution is -0.137. The summed E-state index contributed by atoms with van der Waals surface area (Å²) < 4.78 is 61.8. The van der Waals surface area contributed by atoms with Crippen molar-refractivity contribution >= 4 is 9.84 Å². The molecule has 1 rings (SSSR count). The summed E-state index contributed by atoms with van der Waals surface area (Å²) in [6, 6.07) is 3.54. The molecule has 7 heteroatoms. The molecule has 0 amide bonds. The lowest BCUT2D eigenvalue weighted by Gasteiger charge is -2.18. The first kappa shape index (κ1) is 16.0. The second kappa shape index (κ2) is 5.50. The summed E-state index contributed by atoms with van der Waals surface area (Å²) in [7, 11) is -3.98. The van der Waals surface area contributed by atoms with Crippen molar-refractivity contribution in [2.75, 3.05) is 0 Å². The van der Waals surface area contributed by atoms with Gasteiger partial charge >= 0.3 is 6.18 Å². The average molecular weight is 296 g/mol. The summed E-state index contributed by atoms with van der Waals surface area (Å²) in [6.07, 6.45) is -5.50. The maximum atomic E-state index is 12.5. The normalized spacial score (nSPS) is 16.1. The van der Waals surface area contributed by atoms with Gasteiger partial charge in [-0.05, 0) is 31.5 Å². The summed E-state index contributed by atoms with van der Waals surface area (Å²) in [5, 5.41) is 8.40. The van der Waals surface area contributed by atoms with Gasteiger partial charge < -0.3 is 5.11 Å². The van der Waals surface area contributed by atoms with E-state index in [1.807, 2.05) is 0 Å². The van der Waals surface area contributed by atoms with E-state index in [9.17, 15) is 26.7 Å². The number of benzene rings is 1. The highest BCUT2D eigenvalue weighted by Gasteiger charge is 2.34. The van der Waals surface area contributed by atoms with Gasteiger partial charge in [0.05, 0.1) is 21.8 Å². The van der Waals surface area contributed by atoms with Crippen LogP contribution in [0, 0.1) is 0 Å². The fourth-order valence-electron chi connectivity index (χ4n) is 1.60. The highest BCUT2D eigenvalue weighted by Crippen LogP contribution is 2.31. The molecule has 0 heterocycles. The number of rotatable bonds is 4. The van der Waals surface area contributed by atoms with Crippen molar-refractivity contribution < 1.29 is 26.7 Å². The third-order valence-electron chi connectivity index (χ3n) is 2.94. The highest BCUT2D eigenvalue weighted by molar-refractivity contribution is 7.92. The van der Waals surface area contributed by atoms with Crippen LogP contribution in [-0.4, -0.2) is 24.9 Å². The average Bonchev–Trinajstić information content (AvgIpc) is 2.36. The highest BCUT2D eigenvalue weighted by atomic mass is 32.2. The second-order valence-corrected chi connectivity index (χ2v) is 6.56. The van der Waals surface area contributed by atoms with Crippen LogP contribution < -0.4 is 0 Å². The molecule has 3 nitrogen and oxygen atoms in total. The first-order valence-corrected chi connectivity index (χ1v) is 7.24. The van der Waals surface area contributed by atoms with Crippen LogP contribution in [0.4, 0.5) is 13.2 Å². The number of halogens is 3. The molecule has 1 aromatic rings. The molecule has 0 fully saturated rings. The van der Waals surface area contributed by atoms with E-state index in [0.29, 0.717) is 6.07 Å². The molecule has 0 spiro atoms. The first-order chi connectivity index (χ1) is 8.60. The number of aliphatic hydroxyl groups excluding tert-OH is 1. The van der Waals surface area contributed by atoms with Crippen molar-refractivity contribution in [1.29, 1.82) is 0 Å². The third kappa shape index (κ3) is 3.48. The van der Waals surface area contributed by atoms with E-state index in [-0.39, 0.29) is 6.42 Å². The zero-order valence-corrected chi connectivity index (χ0v) is 11.3. The lowest BCUT2D eigenvalue weighted by atomic mass is 10.2. The largest absolute Gasteiger partial charge is 0.416 e. The fraction of sp³-hybridized carbons (Fsp3) is 0.500. The van der Waals surface area contributed by atoms with Gasteiger partial charge in [0.2, 0.25) is 0 Å². The van der Waals surface area contributed by atoms with Crippen molar-refractivity contribution in [1.82, 2.24) is 0 Å². The molecule has 0 aromatic heterocycles. The summed E-state index contributed by atoms with van der Waals surface area (Å²) in [6.45, 7) is 2.88. The van der Waals surface area contributed by atoms with Crippen LogP contribution in [0.2, 0.25) is 0 Å². The van der Waals surface area contributed by atoms with E-state index in [1.165, 1.54) is 6.92 Å². The van der Waals surface area contributed by atoms with E-state index in [2.05, 4.69) is 0 Å². The van der Waals surface area contributed by atoms with Crippen LogP contribution in [0.15, 0.2) is 29.2 Å². The van der Waals surface area contributed by atoms with E-state index < -0.39 is 37.8 Å². The van der Waals surface area contributed by atoms with Gasteiger partial charge in [0.1, 0.15) is 0 Å². The fourth-order valence-corrected chi connectivity index (χ4v) is 3.20. The van der Waals surface area contributed by atoms with E-state index in [0.717, 1.165) is 18.2 Å². The monoisotopic (exact) mass is 296 g/mol. The van der Waals surface area contributed by atoms with Gasteiger partial charge in [-0.1, -0.05) is 13.0 Å². The zero-order chi connectivity index (χ0) is 14.8. The molecule has 0 aliphatic heterocycles. The molecule has 0 bridgehead atoms. The molecule has 19 heavy (non-hydrogen) atoms. The third-order valence-corrected chi connectivity index (χ3v) is 5.14. The first-order valence-electron chi connectivity index (χ1n) is 5.70. The zero-order valence-electron chi connectivity index (χ0n) is 10.5. The Hall–Kier alpha value is -1.08. The van der Waals surface area contributed by atoms with Crippen molar-refractivity contribution in [2.24, 2.45) is 0 Å². The lowest BCUT2D eigenvalue weighted by Crippen LogP contribution is -2.31. The van der Waals surface area contributed by atoms with Crippen molar-refractivity contribution in [3.8, 4) is 0 Å². The topological polar surface area (TPSA) is 54.4 Å². The molecule has 0 radical (unpaired) electrons. The Morgan fingerprint density at radius 3 is 2.37 bits per heavy atom. The minimum absolute atomic E-state index is 0.208. The quantitative estimate of drug-likeness (QED) is 0.929. The second-order valence-electron chi connectivity index (χ2n) is 4.25. The standard InChI is InChI=1S/C12H15F3O3S/c1-3-11(16)8(2)19(17,18)10-6-4-5-9(7-10)12(13,14)15/h4-8,11,16H,3H2,1-2H3. The Balaban J connectivity index is 3.23. The van der Waals surface area contributed by atoms with Gasteiger partial charge in [0, 0.05) is 0 Å². The van der Waals surface area contributed by atoms with E-state index >= 15 is 0 Å². The van der Waals surface area contributed by atoms with Crippen LogP contribution >= 0.6 is 0 Å². The summed E-state index contributed by atoms with van der Waals surface area (Å²) in [5.41, 5.74) is -1.02. The number of aliphatic hydroxyl groups is 1. The Bertz CT molecular complexity index is 537. The number of hydrogen-bond acceptors (Lipinski definition) is 3. The molecular weight excluding hydrogens is 281 g/mol. The smallest absolute Gasteiger partial charge is 0.392 e. The molecule has 0 saturated carbocycles. The number of sulfone groups is 1. The predicted octanol–water partition coefficient (Wildman–Crippen LogP) is 2.64. The van der Waals surface area contributed by atoms with Crippen molar-refractivity contribution in [3.63, 3.8) is 0 Å². The molecule has 0 saturated heterocycles. The van der Waals surface area contributed by atoms with E-state index in [1.54, 1.807) is 6.92 Å². The van der Waals surface area contributed by atoms with Gasteiger partial charge in [-0.2, -0.15) is 13.2 Å². The Kier molecular flexibility index (Phi) is 4.63. The maximum absolute atomic E-state index is 12.5. The van der Waals surface area contributed by atoms with Crippen LogP contribution in [0.3, 0.4) is 0 Å². The van der Waals surface area contributed by atoms with Crippen LogP contribution in [0.5, 0.6) is 0 Å². The molecule has 2 unspecified atom stereocenters. The van der Waals surface area contributed by atoms with Gasteiger partial charge in [0.25, 0.3) is 0 Å². The number of alkyl halides is 3. The molecule has 0 aliphatic rings. The summed E-state index contributed by atoms with van der Waals surface area (Å²) in [5.74, 6) is 0. The minimum Gasteiger partial charge on any atom is -0.392 e. The Labute approximate surface area is 110 Å². The molecule has 1 aromatic carbocycles. The molecule has 108 valence electrons. The Morgan fingerprint density at radius 2 is 1.89 bits per heavy atom. The molecular formula is C12H15F3O3S. The molecule has 2 atom stereocenters. The van der Waals surface area contributed by atoms with E-state index in [4.69, 9.17) is 0 Å². The van der Waals surface area contributed by atoms with Gasteiger partial charge in [-0.3, -0.25) is 0 Å². The Morgan fingerprint density at radius 1 is 1.32 bits per heavy atom. The molecule has 0 aliphatic carbocycles. The van der Waals surface area contributed by atoms with Crippen molar-refractivity contribution in [2.45, 2.75) is 42.7 Å². The van der Waals surface area contributed by atoms with Gasteiger partial charge in [-0.15, -0.1) is 0 Å². The summed E-state index contributed by atoms with van der Waals surface area (Å²) >= 11 is 0. The number of hydrogen-bond donors (Lipinski definition) is 1. The van der Waals surface area contributed by atoms with Crippen LogP contribution in [0.25, 0.3) is 0 Å². The van der Waals surface area contributed by atoms with Crippen LogP contribution in [-0.2, 0) is 16.0 Å². The predicted molar refractivity (Wildman–Crippen MR) is 64.4 cm³/mol. The SMILES string of the molecule is CCC(O)C(C)S(=O)(=O)c1cccc(C(F)(F)F)c1. The summed E-state index contributed by atoms with van der Waals surface area (Å²) in [4.78, 5) is -0.428. The maximum Gasteiger partial charge on any atom is 0.416 e. The van der Waals surface area contributed by atoms with Gasteiger partial charge in [0.15, 0.2) is 9.84 Å². The van der Waals surface area contributed by atoms with Crippen LogP contribution in [0.1, 0.15) is 25.8 Å². The van der Waals surface area contributed by atoms with Crippen molar-refractivity contribution in [3.05, 3.63) is 29.8 Å².